The normalized spacial score (nSPS) is 13.1. The van der Waals surface area contributed by atoms with E-state index >= 15 is 0 Å². The second kappa shape index (κ2) is 8.00. The molecule has 1 aliphatic rings. The number of amides is 1. The molecule has 0 spiro atoms. The van der Waals surface area contributed by atoms with E-state index < -0.39 is 0 Å². The van der Waals surface area contributed by atoms with Gasteiger partial charge in [0.25, 0.3) is 0 Å². The van der Waals surface area contributed by atoms with Crippen LogP contribution in [0.4, 0.5) is 10.2 Å². The van der Waals surface area contributed by atoms with Crippen LogP contribution >= 0.6 is 0 Å². The van der Waals surface area contributed by atoms with Gasteiger partial charge in [-0.3, -0.25) is 9.69 Å². The van der Waals surface area contributed by atoms with E-state index in [-0.39, 0.29) is 24.1 Å². The first-order chi connectivity index (χ1) is 15.5. The first-order valence-corrected chi connectivity index (χ1v) is 10.6. The van der Waals surface area contributed by atoms with Crippen molar-refractivity contribution >= 4 is 11.7 Å². The van der Waals surface area contributed by atoms with Gasteiger partial charge in [0.2, 0.25) is 5.91 Å². The van der Waals surface area contributed by atoms with Crippen LogP contribution in [-0.4, -0.2) is 25.7 Å². The summed E-state index contributed by atoms with van der Waals surface area (Å²) in [6.07, 6.45) is 5.50. The zero-order valence-electron chi connectivity index (χ0n) is 17.9. The molecule has 3 heterocycles. The molecule has 32 heavy (non-hydrogen) atoms. The molecule has 160 valence electrons. The Bertz CT molecular complexity index is 1280. The van der Waals surface area contributed by atoms with Crippen LogP contribution in [0.5, 0.6) is 0 Å². The van der Waals surface area contributed by atoms with Gasteiger partial charge in [0.15, 0.2) is 5.82 Å². The van der Waals surface area contributed by atoms with E-state index in [0.29, 0.717) is 23.8 Å². The number of fused-ring (bicyclic) bond motifs is 1. The molecule has 2 aromatic carbocycles. The second-order valence-electron chi connectivity index (χ2n) is 8.17. The lowest BCUT2D eigenvalue weighted by Gasteiger charge is -2.18. The molecule has 1 aliphatic heterocycles. The summed E-state index contributed by atoms with van der Waals surface area (Å²) in [7, 11) is 0. The Labute approximate surface area is 185 Å². The highest BCUT2D eigenvalue weighted by Crippen LogP contribution is 2.34. The highest BCUT2D eigenvalue weighted by atomic mass is 19.1. The number of hydrogen-bond donors (Lipinski definition) is 0. The van der Waals surface area contributed by atoms with Crippen LogP contribution in [-0.2, 0) is 17.8 Å². The SMILES string of the molecule is CC(C)c1cccc(F)c1-c1ncc2c(n1)N(Cc1ccc(-n3cccn3)cc1)C(=O)C2. The predicted octanol–water partition coefficient (Wildman–Crippen LogP) is 4.68. The van der Waals surface area contributed by atoms with Gasteiger partial charge in [0.1, 0.15) is 11.6 Å². The van der Waals surface area contributed by atoms with Crippen LogP contribution in [0.2, 0.25) is 0 Å². The average molecular weight is 427 g/mol. The smallest absolute Gasteiger partial charge is 0.233 e. The number of halogens is 1. The van der Waals surface area contributed by atoms with Crippen LogP contribution in [0.3, 0.4) is 0 Å². The topological polar surface area (TPSA) is 63.9 Å². The first-order valence-electron chi connectivity index (χ1n) is 10.6. The minimum absolute atomic E-state index is 0.0415. The summed E-state index contributed by atoms with van der Waals surface area (Å²) < 4.78 is 16.5. The number of nitrogens with zero attached hydrogens (tertiary/aromatic N) is 5. The van der Waals surface area contributed by atoms with E-state index in [4.69, 9.17) is 0 Å². The zero-order chi connectivity index (χ0) is 22.2. The Morgan fingerprint density at radius 2 is 1.91 bits per heavy atom. The lowest BCUT2D eigenvalue weighted by Crippen LogP contribution is -2.26. The second-order valence-corrected chi connectivity index (χ2v) is 8.17. The van der Waals surface area contributed by atoms with Gasteiger partial charge in [-0.15, -0.1) is 0 Å². The van der Waals surface area contributed by atoms with Crippen molar-refractivity contribution in [2.75, 3.05) is 4.90 Å². The maximum atomic E-state index is 14.8. The molecule has 0 bridgehead atoms. The summed E-state index contributed by atoms with van der Waals surface area (Å²) in [6.45, 7) is 4.40. The fourth-order valence-electron chi connectivity index (χ4n) is 4.03. The fourth-order valence-corrected chi connectivity index (χ4v) is 4.03. The molecule has 0 atom stereocenters. The minimum atomic E-state index is -0.360. The lowest BCUT2D eigenvalue weighted by molar-refractivity contribution is -0.117. The van der Waals surface area contributed by atoms with Crippen molar-refractivity contribution in [2.45, 2.75) is 32.7 Å². The third-order valence-electron chi connectivity index (χ3n) is 5.68. The van der Waals surface area contributed by atoms with Gasteiger partial charge < -0.3 is 0 Å². The number of carbonyl (C=O) groups is 1. The van der Waals surface area contributed by atoms with Gasteiger partial charge in [-0.25, -0.2) is 19.0 Å². The maximum Gasteiger partial charge on any atom is 0.233 e. The van der Waals surface area contributed by atoms with Crippen molar-refractivity contribution in [1.29, 1.82) is 0 Å². The molecule has 1 amide bonds. The summed E-state index contributed by atoms with van der Waals surface area (Å²) in [5.74, 6) is 0.568. The molecule has 0 saturated heterocycles. The third-order valence-corrected chi connectivity index (χ3v) is 5.68. The molecular weight excluding hydrogens is 405 g/mol. The molecule has 2 aromatic heterocycles. The standard InChI is InChI=1S/C25H22FN5O/c1-16(2)20-5-3-6-21(26)23(20)24-27-14-18-13-22(32)30(25(18)29-24)15-17-7-9-19(10-8-17)31-12-4-11-28-31/h3-12,14,16H,13,15H2,1-2H3. The molecule has 0 unspecified atom stereocenters. The number of benzene rings is 2. The molecule has 0 N–H and O–H groups in total. The van der Waals surface area contributed by atoms with E-state index in [9.17, 15) is 9.18 Å². The fraction of sp³-hybridized carbons (Fsp3) is 0.200. The Balaban J connectivity index is 1.48. The lowest BCUT2D eigenvalue weighted by atomic mass is 9.96. The monoisotopic (exact) mass is 427 g/mol. The van der Waals surface area contributed by atoms with Gasteiger partial charge in [0.05, 0.1) is 24.2 Å². The quantitative estimate of drug-likeness (QED) is 0.464. The minimum Gasteiger partial charge on any atom is -0.292 e. The number of rotatable bonds is 5. The Morgan fingerprint density at radius 3 is 2.62 bits per heavy atom. The highest BCUT2D eigenvalue weighted by Gasteiger charge is 2.30. The molecular formula is C25H22FN5O. The van der Waals surface area contributed by atoms with Gasteiger partial charge in [-0.05, 0) is 41.3 Å². The number of aromatic nitrogens is 4. The number of hydrogen-bond acceptors (Lipinski definition) is 4. The van der Waals surface area contributed by atoms with Crippen LogP contribution < -0.4 is 4.90 Å². The van der Waals surface area contributed by atoms with Crippen molar-refractivity contribution in [2.24, 2.45) is 0 Å². The predicted molar refractivity (Wildman–Crippen MR) is 120 cm³/mol. The van der Waals surface area contributed by atoms with E-state index in [0.717, 1.165) is 22.4 Å². The van der Waals surface area contributed by atoms with E-state index in [1.54, 1.807) is 28.0 Å². The average Bonchev–Trinajstić information content (AvgIpc) is 3.42. The molecule has 0 aliphatic carbocycles. The van der Waals surface area contributed by atoms with Crippen molar-refractivity contribution < 1.29 is 9.18 Å². The van der Waals surface area contributed by atoms with Crippen LogP contribution in [0, 0.1) is 5.82 Å². The molecule has 7 heteroatoms. The van der Waals surface area contributed by atoms with E-state index in [1.807, 2.05) is 56.4 Å². The number of carbonyl (C=O) groups excluding carboxylic acids is 1. The molecule has 0 saturated carbocycles. The maximum absolute atomic E-state index is 14.8. The van der Waals surface area contributed by atoms with Gasteiger partial charge in [0, 0.05) is 24.2 Å². The van der Waals surface area contributed by atoms with Gasteiger partial charge >= 0.3 is 0 Å². The highest BCUT2D eigenvalue weighted by molar-refractivity contribution is 6.00. The summed E-state index contributed by atoms with van der Waals surface area (Å²) in [4.78, 5) is 23.5. The van der Waals surface area contributed by atoms with Crippen LogP contribution in [0.25, 0.3) is 17.1 Å². The number of anilines is 1. The van der Waals surface area contributed by atoms with Gasteiger partial charge in [-0.1, -0.05) is 38.1 Å². The van der Waals surface area contributed by atoms with Gasteiger partial charge in [-0.2, -0.15) is 5.10 Å². The van der Waals surface area contributed by atoms with Crippen molar-refractivity contribution in [3.05, 3.63) is 89.6 Å². The summed E-state index contributed by atoms with van der Waals surface area (Å²) in [5, 5.41) is 4.23. The van der Waals surface area contributed by atoms with Crippen LogP contribution in [0.15, 0.2) is 67.1 Å². The van der Waals surface area contributed by atoms with Crippen molar-refractivity contribution in [3.63, 3.8) is 0 Å². The Hall–Kier alpha value is -3.87. The van der Waals surface area contributed by atoms with Crippen LogP contribution in [0.1, 0.15) is 36.5 Å². The molecule has 0 radical (unpaired) electrons. The van der Waals surface area contributed by atoms with E-state index in [1.165, 1.54) is 6.07 Å². The molecule has 6 nitrogen and oxygen atoms in total. The molecule has 0 fully saturated rings. The Morgan fingerprint density at radius 1 is 1.09 bits per heavy atom. The third kappa shape index (κ3) is 3.56. The Kier molecular flexibility index (Phi) is 5.01. The largest absolute Gasteiger partial charge is 0.292 e. The van der Waals surface area contributed by atoms with E-state index in [2.05, 4.69) is 15.1 Å². The van der Waals surface area contributed by atoms with Crippen molar-refractivity contribution in [3.8, 4) is 17.1 Å². The molecule has 4 aromatic rings. The zero-order valence-corrected chi connectivity index (χ0v) is 17.9. The summed E-state index contributed by atoms with van der Waals surface area (Å²) in [5.41, 5.74) is 3.91. The summed E-state index contributed by atoms with van der Waals surface area (Å²) >= 11 is 0. The first kappa shape index (κ1) is 20.1. The summed E-state index contributed by atoms with van der Waals surface area (Å²) in [6, 6.07) is 14.7. The van der Waals surface area contributed by atoms with Crippen molar-refractivity contribution in [1.82, 2.24) is 19.7 Å². The molecule has 5 rings (SSSR count).